The van der Waals surface area contributed by atoms with Crippen LogP contribution < -0.4 is 16.4 Å². The molecule has 2 amide bonds. The largest absolute Gasteiger partial charge is 0.481 e. The van der Waals surface area contributed by atoms with E-state index in [1.54, 1.807) is 0 Å². The van der Waals surface area contributed by atoms with Crippen LogP contribution in [0.2, 0.25) is 0 Å². The van der Waals surface area contributed by atoms with E-state index in [1.807, 2.05) is 0 Å². The quantitative estimate of drug-likeness (QED) is 0.210. The number of carbonyl (C=O) groups is 5. The summed E-state index contributed by atoms with van der Waals surface area (Å²) >= 11 is 1.11. The van der Waals surface area contributed by atoms with Crippen LogP contribution >= 0.6 is 11.8 Å². The Labute approximate surface area is 153 Å². The van der Waals surface area contributed by atoms with Gasteiger partial charge in [-0.3, -0.25) is 24.0 Å². The van der Waals surface area contributed by atoms with E-state index in [9.17, 15) is 24.0 Å². The van der Waals surface area contributed by atoms with Crippen LogP contribution in [0.15, 0.2) is 0 Å². The van der Waals surface area contributed by atoms with Gasteiger partial charge < -0.3 is 31.7 Å². The van der Waals surface area contributed by atoms with Crippen LogP contribution in [0.5, 0.6) is 0 Å². The molecule has 0 rings (SSSR count). The molecule has 0 aliphatic carbocycles. The van der Waals surface area contributed by atoms with Crippen molar-refractivity contribution in [3.05, 3.63) is 0 Å². The van der Waals surface area contributed by atoms with Gasteiger partial charge in [0.15, 0.2) is 0 Å². The zero-order chi connectivity index (χ0) is 20.3. The summed E-state index contributed by atoms with van der Waals surface area (Å²) in [6.07, 6.45) is -0.361. The molecule has 26 heavy (non-hydrogen) atoms. The van der Waals surface area contributed by atoms with E-state index in [4.69, 9.17) is 21.1 Å². The number of rotatable bonds is 13. The fourth-order valence-corrected chi connectivity index (χ4v) is 2.68. The van der Waals surface area contributed by atoms with Crippen molar-refractivity contribution in [1.82, 2.24) is 10.6 Å². The van der Waals surface area contributed by atoms with Crippen LogP contribution in [0.25, 0.3) is 0 Å². The second-order valence-corrected chi connectivity index (χ2v) is 6.57. The Morgan fingerprint density at radius 2 is 1.65 bits per heavy atom. The lowest BCUT2D eigenvalue weighted by atomic mass is 10.1. The molecule has 148 valence electrons. The SMILES string of the molecule is CC(CSC[C@H](NC(=O)CC[C@H](N)C(=O)O)C(=O)NCC(=O)O)C(=O)O. The highest BCUT2D eigenvalue weighted by Gasteiger charge is 2.23. The molecule has 0 aromatic heterocycles. The smallest absolute Gasteiger partial charge is 0.322 e. The molecular formula is C14H23N3O8S. The van der Waals surface area contributed by atoms with Gasteiger partial charge in [0.25, 0.3) is 0 Å². The summed E-state index contributed by atoms with van der Waals surface area (Å²) in [7, 11) is 0. The van der Waals surface area contributed by atoms with Gasteiger partial charge in [-0.25, -0.2) is 0 Å². The van der Waals surface area contributed by atoms with Crippen LogP contribution in [-0.2, 0) is 24.0 Å². The van der Waals surface area contributed by atoms with Crippen LogP contribution in [0, 0.1) is 5.92 Å². The van der Waals surface area contributed by atoms with Crippen molar-refractivity contribution in [3.8, 4) is 0 Å². The Bertz CT molecular complexity index is 542. The molecule has 0 saturated heterocycles. The third kappa shape index (κ3) is 10.5. The maximum absolute atomic E-state index is 12.0. The van der Waals surface area contributed by atoms with E-state index in [1.165, 1.54) is 6.92 Å². The zero-order valence-corrected chi connectivity index (χ0v) is 15.0. The minimum absolute atomic E-state index is 0.0276. The van der Waals surface area contributed by atoms with Gasteiger partial charge in [0, 0.05) is 17.9 Å². The molecule has 7 N–H and O–H groups in total. The van der Waals surface area contributed by atoms with Gasteiger partial charge in [0.1, 0.15) is 18.6 Å². The molecule has 0 spiro atoms. The lowest BCUT2D eigenvalue weighted by molar-refractivity contribution is -0.140. The molecule has 0 aromatic rings. The maximum atomic E-state index is 12.0. The van der Waals surface area contributed by atoms with E-state index in [-0.39, 0.29) is 24.3 Å². The molecule has 3 atom stereocenters. The van der Waals surface area contributed by atoms with Gasteiger partial charge >= 0.3 is 17.9 Å². The second-order valence-electron chi connectivity index (χ2n) is 5.49. The average Bonchev–Trinajstić information content (AvgIpc) is 2.55. The van der Waals surface area contributed by atoms with Gasteiger partial charge in [0.05, 0.1) is 5.92 Å². The van der Waals surface area contributed by atoms with Crippen molar-refractivity contribution in [3.63, 3.8) is 0 Å². The Morgan fingerprint density at radius 3 is 2.15 bits per heavy atom. The van der Waals surface area contributed by atoms with Crippen molar-refractivity contribution in [2.75, 3.05) is 18.1 Å². The van der Waals surface area contributed by atoms with Crippen LogP contribution in [0.3, 0.4) is 0 Å². The highest BCUT2D eigenvalue weighted by molar-refractivity contribution is 7.99. The highest BCUT2D eigenvalue weighted by Crippen LogP contribution is 2.10. The standard InChI is InChI=1S/C14H23N3O8S/c1-7(13(22)23)5-26-6-9(12(21)16-4-11(19)20)17-10(18)3-2-8(15)14(24)25/h7-9H,2-6,15H2,1H3,(H,16,21)(H,17,18)(H,19,20)(H,22,23)(H,24,25)/t7?,8-,9-/m0/s1. The maximum Gasteiger partial charge on any atom is 0.322 e. The molecule has 0 aliphatic rings. The first-order chi connectivity index (χ1) is 12.0. The van der Waals surface area contributed by atoms with Gasteiger partial charge in [-0.05, 0) is 6.42 Å². The Kier molecular flexibility index (Phi) is 11.0. The molecule has 0 aromatic carbocycles. The average molecular weight is 393 g/mol. The van der Waals surface area contributed by atoms with Crippen molar-refractivity contribution >= 4 is 41.5 Å². The van der Waals surface area contributed by atoms with E-state index in [0.717, 1.165) is 11.8 Å². The molecule has 0 fully saturated rings. The Balaban J connectivity index is 4.67. The predicted octanol–water partition coefficient (Wildman–Crippen LogP) is -1.68. The number of thioether (sulfide) groups is 1. The number of hydrogen-bond acceptors (Lipinski definition) is 7. The van der Waals surface area contributed by atoms with E-state index in [0.29, 0.717) is 0 Å². The molecule has 0 heterocycles. The monoisotopic (exact) mass is 393 g/mol. The molecule has 0 radical (unpaired) electrons. The zero-order valence-electron chi connectivity index (χ0n) is 14.1. The van der Waals surface area contributed by atoms with Crippen LogP contribution in [0.1, 0.15) is 19.8 Å². The lowest BCUT2D eigenvalue weighted by Gasteiger charge is -2.18. The van der Waals surface area contributed by atoms with Crippen molar-refractivity contribution in [1.29, 1.82) is 0 Å². The van der Waals surface area contributed by atoms with Gasteiger partial charge in [0.2, 0.25) is 11.8 Å². The van der Waals surface area contributed by atoms with Gasteiger partial charge in [-0.2, -0.15) is 11.8 Å². The van der Waals surface area contributed by atoms with E-state index in [2.05, 4.69) is 10.6 Å². The fraction of sp³-hybridized carbons (Fsp3) is 0.643. The summed E-state index contributed by atoms with van der Waals surface area (Å²) < 4.78 is 0. The number of nitrogens with two attached hydrogens (primary N) is 1. The number of aliphatic carboxylic acids is 3. The first-order valence-electron chi connectivity index (χ1n) is 7.62. The normalized spacial score (nSPS) is 13.9. The minimum Gasteiger partial charge on any atom is -0.481 e. The molecule has 11 nitrogen and oxygen atoms in total. The number of carbonyl (C=O) groups excluding carboxylic acids is 2. The summed E-state index contributed by atoms with van der Waals surface area (Å²) in [6, 6.07) is -2.31. The predicted molar refractivity (Wildman–Crippen MR) is 91.5 cm³/mol. The summed E-state index contributed by atoms with van der Waals surface area (Å²) in [4.78, 5) is 55.8. The van der Waals surface area contributed by atoms with Crippen molar-refractivity contribution in [2.24, 2.45) is 11.7 Å². The van der Waals surface area contributed by atoms with Gasteiger partial charge in [-0.1, -0.05) is 6.92 Å². The molecular weight excluding hydrogens is 370 g/mol. The number of hydrogen-bond donors (Lipinski definition) is 6. The highest BCUT2D eigenvalue weighted by atomic mass is 32.2. The minimum atomic E-state index is -1.26. The molecule has 0 saturated carbocycles. The number of carboxylic acid groups (broad SMARTS) is 3. The first kappa shape index (κ1) is 23.7. The van der Waals surface area contributed by atoms with Crippen LogP contribution in [-0.4, -0.2) is 75.2 Å². The first-order valence-corrected chi connectivity index (χ1v) is 8.77. The Morgan fingerprint density at radius 1 is 1.04 bits per heavy atom. The van der Waals surface area contributed by atoms with E-state index < -0.39 is 54.3 Å². The molecule has 0 aliphatic heterocycles. The third-order valence-corrected chi connectivity index (χ3v) is 4.44. The summed E-state index contributed by atoms with van der Waals surface area (Å²) in [5.41, 5.74) is 5.29. The number of amides is 2. The summed E-state index contributed by atoms with van der Waals surface area (Å²) in [6.45, 7) is 0.853. The number of carboxylic acids is 3. The topological polar surface area (TPSA) is 196 Å². The second kappa shape index (κ2) is 12.1. The number of nitrogens with one attached hydrogen (secondary N) is 2. The fourth-order valence-electron chi connectivity index (χ4n) is 1.58. The van der Waals surface area contributed by atoms with Crippen molar-refractivity contribution in [2.45, 2.75) is 31.8 Å². The molecule has 12 heteroatoms. The Hall–Kier alpha value is -2.34. The van der Waals surface area contributed by atoms with E-state index >= 15 is 0 Å². The third-order valence-electron chi connectivity index (χ3n) is 3.14. The molecule has 0 bridgehead atoms. The van der Waals surface area contributed by atoms with Crippen molar-refractivity contribution < 1.29 is 39.3 Å². The summed E-state index contributed by atoms with van der Waals surface area (Å²) in [5.74, 6) is -5.32. The summed E-state index contributed by atoms with van der Waals surface area (Å²) in [5, 5.41) is 30.6. The lowest BCUT2D eigenvalue weighted by Crippen LogP contribution is -2.49. The molecule has 1 unspecified atom stereocenters. The van der Waals surface area contributed by atoms with Crippen LogP contribution in [0.4, 0.5) is 0 Å². The van der Waals surface area contributed by atoms with Gasteiger partial charge in [-0.15, -0.1) is 0 Å².